The fourth-order valence-corrected chi connectivity index (χ4v) is 3.86. The van der Waals surface area contributed by atoms with Crippen molar-refractivity contribution in [3.05, 3.63) is 72.3 Å². The molecule has 0 aliphatic carbocycles. The minimum absolute atomic E-state index is 0.0678. The van der Waals surface area contributed by atoms with Crippen molar-refractivity contribution in [1.29, 1.82) is 0 Å². The van der Waals surface area contributed by atoms with Crippen LogP contribution in [0.3, 0.4) is 0 Å². The van der Waals surface area contributed by atoms with Gasteiger partial charge in [-0.1, -0.05) is 72.4 Å². The van der Waals surface area contributed by atoms with Crippen LogP contribution in [0.5, 0.6) is 0 Å². The summed E-state index contributed by atoms with van der Waals surface area (Å²) in [5.74, 6) is 1.00. The first-order valence-corrected chi connectivity index (χ1v) is 9.98. The van der Waals surface area contributed by atoms with Gasteiger partial charge in [-0.2, -0.15) is 0 Å². The van der Waals surface area contributed by atoms with E-state index in [1.807, 2.05) is 72.3 Å². The van der Waals surface area contributed by atoms with Crippen LogP contribution in [-0.4, -0.2) is 26.4 Å². The van der Waals surface area contributed by atoms with Gasteiger partial charge in [0.15, 0.2) is 11.0 Å². The lowest BCUT2D eigenvalue weighted by atomic mass is 10.1. The van der Waals surface area contributed by atoms with Crippen molar-refractivity contribution in [3.8, 4) is 11.4 Å². The van der Waals surface area contributed by atoms with Crippen LogP contribution in [0, 0.1) is 6.92 Å². The van der Waals surface area contributed by atoms with Gasteiger partial charge in [-0.15, -0.1) is 10.2 Å². The first-order chi connectivity index (χ1) is 13.6. The second-order valence-electron chi connectivity index (χ2n) is 6.54. The molecule has 1 amide bonds. The number of fused-ring (bicyclic) bond motifs is 1. The number of anilines is 1. The Hall–Kier alpha value is -3.12. The van der Waals surface area contributed by atoms with E-state index >= 15 is 0 Å². The number of nitrogens with one attached hydrogen (secondary N) is 1. The summed E-state index contributed by atoms with van der Waals surface area (Å²) < 4.78 is 1.93. The molecule has 0 spiro atoms. The minimum atomic E-state index is -0.0678. The average Bonchev–Trinajstić information content (AvgIpc) is 3.07. The minimum Gasteiger partial charge on any atom is -0.325 e. The van der Waals surface area contributed by atoms with Gasteiger partial charge in [0, 0.05) is 23.7 Å². The zero-order valence-electron chi connectivity index (χ0n) is 15.7. The van der Waals surface area contributed by atoms with Crippen molar-refractivity contribution in [2.24, 2.45) is 7.05 Å². The third kappa shape index (κ3) is 3.64. The Morgan fingerprint density at radius 3 is 2.61 bits per heavy atom. The van der Waals surface area contributed by atoms with Crippen molar-refractivity contribution in [2.45, 2.75) is 12.1 Å². The summed E-state index contributed by atoms with van der Waals surface area (Å²) in [5, 5.41) is 14.4. The number of carbonyl (C=O) groups excluding carboxylic acids is 1. The fourth-order valence-electron chi connectivity index (χ4n) is 3.15. The van der Waals surface area contributed by atoms with Gasteiger partial charge in [-0.3, -0.25) is 4.79 Å². The number of aromatic nitrogens is 3. The number of aryl methyl sites for hydroxylation is 1. The number of thioether (sulfide) groups is 1. The van der Waals surface area contributed by atoms with Gasteiger partial charge in [0.2, 0.25) is 5.91 Å². The van der Waals surface area contributed by atoms with E-state index in [1.165, 1.54) is 11.8 Å². The molecule has 28 heavy (non-hydrogen) atoms. The standard InChI is InChI=1S/C22H20N4OS/c1-15-8-3-5-11-17(15)21-24-25-22(26(21)2)28-14-20(27)23-19-13-7-10-16-9-4-6-12-18(16)19/h3-13H,14H2,1-2H3,(H,23,27). The lowest BCUT2D eigenvalue weighted by Gasteiger charge is -2.09. The Morgan fingerprint density at radius 1 is 1.00 bits per heavy atom. The highest BCUT2D eigenvalue weighted by Gasteiger charge is 2.14. The number of rotatable bonds is 5. The van der Waals surface area contributed by atoms with E-state index < -0.39 is 0 Å². The van der Waals surface area contributed by atoms with Gasteiger partial charge in [0.05, 0.1) is 5.75 Å². The van der Waals surface area contributed by atoms with E-state index in [9.17, 15) is 4.79 Å². The summed E-state index contributed by atoms with van der Waals surface area (Å²) in [5.41, 5.74) is 3.01. The maximum absolute atomic E-state index is 12.5. The Kier molecular flexibility index (Phi) is 5.12. The smallest absolute Gasteiger partial charge is 0.234 e. The third-order valence-corrected chi connectivity index (χ3v) is 5.64. The molecule has 4 rings (SSSR count). The largest absolute Gasteiger partial charge is 0.325 e. The highest BCUT2D eigenvalue weighted by molar-refractivity contribution is 7.99. The molecule has 4 aromatic rings. The average molecular weight is 388 g/mol. The van der Waals surface area contributed by atoms with E-state index in [2.05, 4.69) is 28.5 Å². The molecule has 0 saturated carbocycles. The first-order valence-electron chi connectivity index (χ1n) is 8.99. The number of benzene rings is 3. The Bertz CT molecular complexity index is 1150. The molecular weight excluding hydrogens is 368 g/mol. The van der Waals surface area contributed by atoms with Crippen LogP contribution in [0.4, 0.5) is 5.69 Å². The van der Waals surface area contributed by atoms with Crippen LogP contribution in [0.1, 0.15) is 5.56 Å². The van der Waals surface area contributed by atoms with Gasteiger partial charge in [-0.25, -0.2) is 0 Å². The molecule has 0 radical (unpaired) electrons. The quantitative estimate of drug-likeness (QED) is 0.505. The van der Waals surface area contributed by atoms with Crippen LogP contribution >= 0.6 is 11.8 Å². The maximum Gasteiger partial charge on any atom is 0.234 e. The van der Waals surface area contributed by atoms with Gasteiger partial charge in [0.25, 0.3) is 0 Å². The zero-order chi connectivity index (χ0) is 19.5. The SMILES string of the molecule is Cc1ccccc1-c1nnc(SCC(=O)Nc2cccc3ccccc23)n1C. The molecule has 0 saturated heterocycles. The Balaban J connectivity index is 1.46. The normalized spacial score (nSPS) is 10.9. The molecule has 6 heteroatoms. The third-order valence-electron chi connectivity index (χ3n) is 4.62. The molecule has 0 unspecified atom stereocenters. The highest BCUT2D eigenvalue weighted by Crippen LogP contribution is 2.26. The van der Waals surface area contributed by atoms with Gasteiger partial charge >= 0.3 is 0 Å². The maximum atomic E-state index is 12.5. The first kappa shape index (κ1) is 18.3. The van der Waals surface area contributed by atoms with E-state index in [0.29, 0.717) is 5.16 Å². The summed E-state index contributed by atoms with van der Waals surface area (Å²) in [4.78, 5) is 12.5. The lowest BCUT2D eigenvalue weighted by Crippen LogP contribution is -2.14. The van der Waals surface area contributed by atoms with Crippen molar-refractivity contribution < 1.29 is 4.79 Å². The second-order valence-corrected chi connectivity index (χ2v) is 7.49. The molecule has 0 fully saturated rings. The monoisotopic (exact) mass is 388 g/mol. The summed E-state index contributed by atoms with van der Waals surface area (Å²) in [7, 11) is 1.92. The van der Waals surface area contributed by atoms with E-state index in [-0.39, 0.29) is 11.7 Å². The topological polar surface area (TPSA) is 59.8 Å². The summed E-state index contributed by atoms with van der Waals surface area (Å²) in [6.45, 7) is 2.05. The Labute approximate surface area is 167 Å². The number of amides is 1. The molecular formula is C22H20N4OS. The predicted molar refractivity (Wildman–Crippen MR) is 114 cm³/mol. The molecule has 1 aromatic heterocycles. The van der Waals surface area contributed by atoms with Crippen LogP contribution < -0.4 is 5.32 Å². The summed E-state index contributed by atoms with van der Waals surface area (Å²) in [6, 6.07) is 22.0. The molecule has 0 atom stereocenters. The lowest BCUT2D eigenvalue weighted by molar-refractivity contribution is -0.113. The summed E-state index contributed by atoms with van der Waals surface area (Å²) >= 11 is 1.38. The number of carbonyl (C=O) groups is 1. The van der Waals surface area contributed by atoms with Crippen molar-refractivity contribution in [1.82, 2.24) is 14.8 Å². The number of nitrogens with zero attached hydrogens (tertiary/aromatic N) is 3. The molecule has 140 valence electrons. The van der Waals surface area contributed by atoms with Gasteiger partial charge in [-0.05, 0) is 23.9 Å². The van der Waals surface area contributed by atoms with E-state index in [0.717, 1.165) is 33.4 Å². The predicted octanol–water partition coefficient (Wildman–Crippen LogP) is 4.67. The van der Waals surface area contributed by atoms with Crippen LogP contribution in [-0.2, 0) is 11.8 Å². The molecule has 1 N–H and O–H groups in total. The van der Waals surface area contributed by atoms with Crippen molar-refractivity contribution in [2.75, 3.05) is 11.1 Å². The summed E-state index contributed by atoms with van der Waals surface area (Å²) in [6.07, 6.45) is 0. The van der Waals surface area contributed by atoms with Crippen molar-refractivity contribution >= 4 is 34.1 Å². The van der Waals surface area contributed by atoms with E-state index in [1.54, 1.807) is 0 Å². The van der Waals surface area contributed by atoms with E-state index in [4.69, 9.17) is 0 Å². The molecule has 1 heterocycles. The molecule has 0 aliphatic heterocycles. The second kappa shape index (κ2) is 7.86. The molecule has 5 nitrogen and oxygen atoms in total. The zero-order valence-corrected chi connectivity index (χ0v) is 16.5. The fraction of sp³-hybridized carbons (Fsp3) is 0.136. The number of hydrogen-bond acceptors (Lipinski definition) is 4. The number of hydrogen-bond donors (Lipinski definition) is 1. The van der Waals surface area contributed by atoms with Crippen LogP contribution in [0.15, 0.2) is 71.9 Å². The van der Waals surface area contributed by atoms with Crippen molar-refractivity contribution in [3.63, 3.8) is 0 Å². The van der Waals surface area contributed by atoms with Gasteiger partial charge in [0.1, 0.15) is 0 Å². The highest BCUT2D eigenvalue weighted by atomic mass is 32.2. The molecule has 0 aliphatic rings. The van der Waals surface area contributed by atoms with Crippen LogP contribution in [0.25, 0.3) is 22.2 Å². The molecule has 3 aromatic carbocycles. The molecule has 0 bridgehead atoms. The van der Waals surface area contributed by atoms with Gasteiger partial charge < -0.3 is 9.88 Å². The Morgan fingerprint density at radius 2 is 1.75 bits per heavy atom. The van der Waals surface area contributed by atoms with Crippen LogP contribution in [0.2, 0.25) is 0 Å².